The van der Waals surface area contributed by atoms with Crippen molar-refractivity contribution in [1.82, 2.24) is 10.6 Å². The highest BCUT2D eigenvalue weighted by molar-refractivity contribution is 5.84. The summed E-state index contributed by atoms with van der Waals surface area (Å²) in [4.78, 5) is 23.0. The molecule has 2 unspecified atom stereocenters. The fourth-order valence-corrected chi connectivity index (χ4v) is 1.74. The Kier molecular flexibility index (Phi) is 6.91. The predicted octanol–water partition coefficient (Wildman–Crippen LogP) is 1.38. The van der Waals surface area contributed by atoms with E-state index in [1.807, 2.05) is 20.8 Å². The summed E-state index contributed by atoms with van der Waals surface area (Å²) < 4.78 is 0. The molecule has 3 N–H and O–H groups in total. The van der Waals surface area contributed by atoms with E-state index in [0.717, 1.165) is 6.42 Å². The van der Waals surface area contributed by atoms with Crippen LogP contribution >= 0.6 is 0 Å². The van der Waals surface area contributed by atoms with E-state index in [1.165, 1.54) is 0 Å². The molecule has 0 spiro atoms. The lowest BCUT2D eigenvalue weighted by Crippen LogP contribution is -2.57. The molecule has 0 rings (SSSR count). The Bertz CT molecular complexity index is 292. The minimum Gasteiger partial charge on any atom is -0.480 e. The quantitative estimate of drug-likeness (QED) is 0.614. The molecule has 5 nitrogen and oxygen atoms in total. The van der Waals surface area contributed by atoms with E-state index in [0.29, 0.717) is 18.9 Å². The summed E-state index contributed by atoms with van der Waals surface area (Å²) in [6.45, 7) is 9.85. The van der Waals surface area contributed by atoms with E-state index in [4.69, 9.17) is 0 Å². The molecule has 0 fully saturated rings. The van der Waals surface area contributed by atoms with Crippen molar-refractivity contribution in [3.8, 4) is 0 Å². The first-order valence-corrected chi connectivity index (χ1v) is 6.51. The molecule has 1 amide bonds. The summed E-state index contributed by atoms with van der Waals surface area (Å²) in [5, 5.41) is 14.9. The van der Waals surface area contributed by atoms with Gasteiger partial charge < -0.3 is 10.4 Å². The van der Waals surface area contributed by atoms with Gasteiger partial charge in [-0.05, 0) is 26.2 Å². The van der Waals surface area contributed by atoms with Crippen LogP contribution in [0.2, 0.25) is 0 Å². The van der Waals surface area contributed by atoms with Crippen molar-refractivity contribution >= 4 is 11.9 Å². The van der Waals surface area contributed by atoms with Crippen LogP contribution in [0, 0.1) is 5.92 Å². The average molecular weight is 258 g/mol. The van der Waals surface area contributed by atoms with Gasteiger partial charge in [-0.25, -0.2) is 0 Å². The highest BCUT2D eigenvalue weighted by Gasteiger charge is 2.34. The number of carbonyl (C=O) groups excluding carboxylic acids is 1. The Morgan fingerprint density at radius 3 is 2.22 bits per heavy atom. The summed E-state index contributed by atoms with van der Waals surface area (Å²) >= 11 is 0. The summed E-state index contributed by atoms with van der Waals surface area (Å²) in [6.07, 6.45) is 1.24. The molecular weight excluding hydrogens is 232 g/mol. The number of hydrogen-bond acceptors (Lipinski definition) is 3. The number of aliphatic carboxylic acids is 1. The monoisotopic (exact) mass is 258 g/mol. The van der Waals surface area contributed by atoms with Gasteiger partial charge in [0.25, 0.3) is 0 Å². The molecule has 0 saturated carbocycles. The number of nitrogens with one attached hydrogen (secondary N) is 2. The lowest BCUT2D eigenvalue weighted by atomic mass is 9.95. The third-order valence-electron chi connectivity index (χ3n) is 2.83. The number of carboxylic acids is 1. The molecular formula is C13H26N2O3. The summed E-state index contributed by atoms with van der Waals surface area (Å²) in [6, 6.07) is -0.517. The van der Waals surface area contributed by atoms with Gasteiger partial charge in [-0.2, -0.15) is 0 Å². The molecule has 2 atom stereocenters. The zero-order valence-electron chi connectivity index (χ0n) is 12.0. The van der Waals surface area contributed by atoms with E-state index < -0.39 is 17.6 Å². The molecule has 0 aromatic heterocycles. The smallest absolute Gasteiger partial charge is 0.323 e. The molecule has 0 aromatic carbocycles. The van der Waals surface area contributed by atoms with Crippen molar-refractivity contribution in [2.75, 3.05) is 6.54 Å². The van der Waals surface area contributed by atoms with Crippen LogP contribution in [0.4, 0.5) is 0 Å². The topological polar surface area (TPSA) is 78.4 Å². The second-order valence-corrected chi connectivity index (χ2v) is 5.39. The largest absolute Gasteiger partial charge is 0.480 e. The molecule has 18 heavy (non-hydrogen) atoms. The minimum atomic E-state index is -1.05. The summed E-state index contributed by atoms with van der Waals surface area (Å²) in [5.74, 6) is -0.706. The fraction of sp³-hybridized carbons (Fsp3) is 0.846. The second-order valence-electron chi connectivity index (χ2n) is 5.39. The minimum absolute atomic E-state index is 0.160. The van der Waals surface area contributed by atoms with Crippen LogP contribution < -0.4 is 10.6 Å². The standard InChI is InChI=1S/C13H26N2O3/c1-6-7-13(5,12(17)18)15-10(4)11(16)14-8-9(2)3/h9-10,15H,6-8H2,1-5H3,(H,14,16)(H,17,18). The SMILES string of the molecule is CCCC(C)(NC(C)C(=O)NCC(C)C)C(=O)O. The maximum atomic E-state index is 11.8. The van der Waals surface area contributed by atoms with Gasteiger partial charge in [-0.1, -0.05) is 27.2 Å². The number of amides is 1. The highest BCUT2D eigenvalue weighted by atomic mass is 16.4. The Hall–Kier alpha value is -1.10. The first-order chi connectivity index (χ1) is 8.23. The average Bonchev–Trinajstić information content (AvgIpc) is 2.25. The van der Waals surface area contributed by atoms with E-state index in [1.54, 1.807) is 13.8 Å². The van der Waals surface area contributed by atoms with E-state index in [-0.39, 0.29) is 5.91 Å². The number of carbonyl (C=O) groups is 2. The van der Waals surface area contributed by atoms with Crippen molar-refractivity contribution in [2.24, 2.45) is 5.92 Å². The third kappa shape index (κ3) is 5.49. The molecule has 0 aliphatic carbocycles. The Morgan fingerprint density at radius 2 is 1.83 bits per heavy atom. The van der Waals surface area contributed by atoms with Crippen molar-refractivity contribution in [2.45, 2.75) is 59.0 Å². The second kappa shape index (κ2) is 7.36. The van der Waals surface area contributed by atoms with Crippen molar-refractivity contribution in [3.63, 3.8) is 0 Å². The fourth-order valence-electron chi connectivity index (χ4n) is 1.74. The van der Waals surface area contributed by atoms with Crippen LogP contribution in [0.3, 0.4) is 0 Å². The molecule has 0 saturated heterocycles. The van der Waals surface area contributed by atoms with Gasteiger partial charge in [0.15, 0.2) is 0 Å². The highest BCUT2D eigenvalue weighted by Crippen LogP contribution is 2.13. The van der Waals surface area contributed by atoms with Crippen LogP contribution in [0.1, 0.15) is 47.5 Å². The molecule has 0 aromatic rings. The first-order valence-electron chi connectivity index (χ1n) is 6.51. The first kappa shape index (κ1) is 16.9. The van der Waals surface area contributed by atoms with Crippen molar-refractivity contribution in [1.29, 1.82) is 0 Å². The van der Waals surface area contributed by atoms with Crippen LogP contribution in [0.15, 0.2) is 0 Å². The van der Waals surface area contributed by atoms with Crippen LogP contribution in [-0.4, -0.2) is 35.1 Å². The van der Waals surface area contributed by atoms with E-state index >= 15 is 0 Å². The Morgan fingerprint density at radius 1 is 1.28 bits per heavy atom. The number of carboxylic acid groups (broad SMARTS) is 1. The van der Waals surface area contributed by atoms with Crippen LogP contribution in [0.25, 0.3) is 0 Å². The molecule has 0 aliphatic heterocycles. The maximum Gasteiger partial charge on any atom is 0.323 e. The summed E-state index contributed by atoms with van der Waals surface area (Å²) in [5.41, 5.74) is -1.05. The Labute approximate surface area is 109 Å². The number of hydrogen-bond donors (Lipinski definition) is 3. The van der Waals surface area contributed by atoms with Gasteiger partial charge in [0.2, 0.25) is 5.91 Å². The van der Waals surface area contributed by atoms with Crippen LogP contribution in [0.5, 0.6) is 0 Å². The van der Waals surface area contributed by atoms with Gasteiger partial charge in [0, 0.05) is 6.54 Å². The van der Waals surface area contributed by atoms with Crippen LogP contribution in [-0.2, 0) is 9.59 Å². The van der Waals surface area contributed by atoms with E-state index in [9.17, 15) is 14.7 Å². The lowest BCUT2D eigenvalue weighted by molar-refractivity contribution is -0.145. The van der Waals surface area contributed by atoms with Gasteiger partial charge in [0.05, 0.1) is 6.04 Å². The molecule has 5 heteroatoms. The van der Waals surface area contributed by atoms with Crippen molar-refractivity contribution in [3.05, 3.63) is 0 Å². The van der Waals surface area contributed by atoms with E-state index in [2.05, 4.69) is 10.6 Å². The van der Waals surface area contributed by atoms with Gasteiger partial charge >= 0.3 is 5.97 Å². The molecule has 0 aliphatic rings. The summed E-state index contributed by atoms with van der Waals surface area (Å²) in [7, 11) is 0. The Balaban J connectivity index is 4.46. The normalized spacial score (nSPS) is 16.1. The molecule has 0 heterocycles. The maximum absolute atomic E-state index is 11.8. The lowest BCUT2D eigenvalue weighted by Gasteiger charge is -2.29. The van der Waals surface area contributed by atoms with Crippen molar-refractivity contribution < 1.29 is 14.7 Å². The zero-order valence-corrected chi connectivity index (χ0v) is 12.0. The van der Waals surface area contributed by atoms with Gasteiger partial charge in [0.1, 0.15) is 5.54 Å². The molecule has 106 valence electrons. The third-order valence-corrected chi connectivity index (χ3v) is 2.83. The number of rotatable bonds is 8. The zero-order chi connectivity index (χ0) is 14.3. The van der Waals surface area contributed by atoms with Gasteiger partial charge in [-0.3, -0.25) is 14.9 Å². The van der Waals surface area contributed by atoms with Gasteiger partial charge in [-0.15, -0.1) is 0 Å². The molecule has 0 bridgehead atoms. The molecule has 0 radical (unpaired) electrons. The predicted molar refractivity (Wildman–Crippen MR) is 71.4 cm³/mol.